The van der Waals surface area contributed by atoms with Crippen LogP contribution in [0.5, 0.6) is 0 Å². The first-order valence-electron chi connectivity index (χ1n) is 6.21. The van der Waals surface area contributed by atoms with Gasteiger partial charge in [-0.25, -0.2) is 4.79 Å². The molecule has 0 aliphatic carbocycles. The average molecular weight is 272 g/mol. The highest BCUT2D eigenvalue weighted by Crippen LogP contribution is 2.09. The van der Waals surface area contributed by atoms with Gasteiger partial charge in [0.1, 0.15) is 6.61 Å². The molecule has 2 aromatic carbocycles. The van der Waals surface area contributed by atoms with Gasteiger partial charge in [0.05, 0.1) is 5.69 Å². The third kappa shape index (κ3) is 4.29. The van der Waals surface area contributed by atoms with Crippen molar-refractivity contribution < 1.29 is 14.7 Å². The number of rotatable bonds is 5. The van der Waals surface area contributed by atoms with Crippen LogP contribution in [0.3, 0.4) is 0 Å². The zero-order valence-corrected chi connectivity index (χ0v) is 10.9. The minimum Gasteiger partial charge on any atom is -0.445 e. The van der Waals surface area contributed by atoms with Crippen molar-refractivity contribution in [3.63, 3.8) is 0 Å². The fourth-order valence-electron chi connectivity index (χ4n) is 1.70. The first-order chi connectivity index (χ1) is 9.78. The van der Waals surface area contributed by atoms with Gasteiger partial charge in [-0.2, -0.15) is 0 Å². The minimum absolute atomic E-state index is 0.241. The zero-order chi connectivity index (χ0) is 14.2. The predicted molar refractivity (Wildman–Crippen MR) is 75.3 cm³/mol. The van der Waals surface area contributed by atoms with E-state index in [0.29, 0.717) is 12.2 Å². The highest BCUT2D eigenvalue weighted by atomic mass is 16.5. The topological polar surface area (TPSA) is 70.6 Å². The van der Waals surface area contributed by atoms with E-state index in [0.717, 1.165) is 11.1 Å². The number of hydrogen-bond acceptors (Lipinski definition) is 4. The molecule has 0 radical (unpaired) electrons. The molecule has 0 spiro atoms. The van der Waals surface area contributed by atoms with Crippen LogP contribution in [0.2, 0.25) is 0 Å². The Morgan fingerprint density at radius 2 is 1.80 bits per heavy atom. The summed E-state index contributed by atoms with van der Waals surface area (Å²) in [6, 6.07) is 16.6. The Labute approximate surface area is 117 Å². The van der Waals surface area contributed by atoms with Crippen LogP contribution in [0.25, 0.3) is 0 Å². The second-order valence-corrected chi connectivity index (χ2v) is 4.23. The molecule has 2 rings (SSSR count). The van der Waals surface area contributed by atoms with Gasteiger partial charge in [0.25, 0.3) is 0 Å². The zero-order valence-electron chi connectivity index (χ0n) is 10.9. The molecule has 0 aromatic heterocycles. The number of carbonyl (C=O) groups is 1. The maximum atomic E-state index is 11.5. The van der Waals surface area contributed by atoms with Crippen LogP contribution in [0, 0.1) is 0 Å². The van der Waals surface area contributed by atoms with Crippen LogP contribution in [0.4, 0.5) is 10.5 Å². The van der Waals surface area contributed by atoms with E-state index in [1.54, 1.807) is 18.2 Å². The van der Waals surface area contributed by atoms with Crippen molar-refractivity contribution >= 4 is 11.8 Å². The van der Waals surface area contributed by atoms with Gasteiger partial charge >= 0.3 is 6.09 Å². The Hall–Kier alpha value is -2.53. The van der Waals surface area contributed by atoms with Crippen LogP contribution >= 0.6 is 0 Å². The maximum Gasteiger partial charge on any atom is 0.407 e. The predicted octanol–water partition coefficient (Wildman–Crippen LogP) is 2.91. The third-order valence-corrected chi connectivity index (χ3v) is 2.71. The van der Waals surface area contributed by atoms with Crippen LogP contribution < -0.4 is 10.8 Å². The molecule has 0 bridgehead atoms. The Balaban J connectivity index is 1.77. The van der Waals surface area contributed by atoms with Gasteiger partial charge in [0.2, 0.25) is 0 Å². The molecule has 1 amide bonds. The molecule has 2 aromatic rings. The molecule has 0 saturated carbocycles. The van der Waals surface area contributed by atoms with Crippen LogP contribution in [0.15, 0.2) is 54.6 Å². The summed E-state index contributed by atoms with van der Waals surface area (Å²) in [6.07, 6.45) is -0.476. The van der Waals surface area contributed by atoms with E-state index in [4.69, 9.17) is 9.94 Å². The number of amides is 1. The SMILES string of the molecule is O=C(NCc1cccc(NO)c1)OCc1ccccc1. The summed E-state index contributed by atoms with van der Waals surface area (Å²) in [7, 11) is 0. The summed E-state index contributed by atoms with van der Waals surface area (Å²) in [5, 5.41) is 11.4. The summed E-state index contributed by atoms with van der Waals surface area (Å²) in [6.45, 7) is 0.577. The van der Waals surface area contributed by atoms with Gasteiger partial charge in [-0.1, -0.05) is 42.5 Å². The molecule has 5 heteroatoms. The minimum atomic E-state index is -0.476. The first-order valence-corrected chi connectivity index (χ1v) is 6.21. The molecule has 0 saturated heterocycles. The van der Waals surface area contributed by atoms with E-state index in [2.05, 4.69) is 10.8 Å². The Kier molecular flexibility index (Phi) is 4.97. The summed E-state index contributed by atoms with van der Waals surface area (Å²) in [5.41, 5.74) is 4.43. The van der Waals surface area contributed by atoms with E-state index in [1.165, 1.54) is 0 Å². The van der Waals surface area contributed by atoms with Crippen molar-refractivity contribution in [3.8, 4) is 0 Å². The van der Waals surface area contributed by atoms with Gasteiger partial charge in [0.15, 0.2) is 0 Å². The molecule has 0 atom stereocenters. The first kappa shape index (κ1) is 13.9. The lowest BCUT2D eigenvalue weighted by molar-refractivity contribution is 0.139. The molecular formula is C15H16N2O3. The Morgan fingerprint density at radius 1 is 1.05 bits per heavy atom. The summed E-state index contributed by atoms with van der Waals surface area (Å²) in [5.74, 6) is 0. The van der Waals surface area contributed by atoms with Gasteiger partial charge in [-0.05, 0) is 23.3 Å². The number of alkyl carbamates (subject to hydrolysis) is 1. The Bertz CT molecular complexity index is 558. The normalized spacial score (nSPS) is 9.85. The van der Waals surface area contributed by atoms with Crippen LogP contribution in [-0.4, -0.2) is 11.3 Å². The number of hydrogen-bond donors (Lipinski definition) is 3. The van der Waals surface area contributed by atoms with Crippen LogP contribution in [-0.2, 0) is 17.9 Å². The lowest BCUT2D eigenvalue weighted by Crippen LogP contribution is -2.23. The summed E-state index contributed by atoms with van der Waals surface area (Å²) < 4.78 is 5.09. The lowest BCUT2D eigenvalue weighted by Gasteiger charge is -2.08. The maximum absolute atomic E-state index is 11.5. The standard InChI is InChI=1S/C15H16N2O3/c18-15(20-11-12-5-2-1-3-6-12)16-10-13-7-4-8-14(9-13)17-19/h1-9,17,19H,10-11H2,(H,16,18). The van der Waals surface area contributed by atoms with Gasteiger partial charge in [-0.15, -0.1) is 0 Å². The van der Waals surface area contributed by atoms with Crippen molar-refractivity contribution in [1.29, 1.82) is 0 Å². The second-order valence-electron chi connectivity index (χ2n) is 4.23. The van der Waals surface area contributed by atoms with Crippen molar-refractivity contribution in [2.24, 2.45) is 0 Å². The number of carbonyl (C=O) groups excluding carboxylic acids is 1. The number of ether oxygens (including phenoxy) is 1. The van der Waals surface area contributed by atoms with Gasteiger partial charge in [0, 0.05) is 6.54 Å². The third-order valence-electron chi connectivity index (χ3n) is 2.71. The monoisotopic (exact) mass is 272 g/mol. The smallest absolute Gasteiger partial charge is 0.407 e. The number of nitrogens with one attached hydrogen (secondary N) is 2. The number of anilines is 1. The lowest BCUT2D eigenvalue weighted by atomic mass is 10.2. The van der Waals surface area contributed by atoms with Crippen molar-refractivity contribution in [3.05, 3.63) is 65.7 Å². The second kappa shape index (κ2) is 7.16. The van der Waals surface area contributed by atoms with E-state index in [9.17, 15) is 4.79 Å². The molecule has 0 unspecified atom stereocenters. The van der Waals surface area contributed by atoms with Gasteiger partial charge < -0.3 is 10.1 Å². The molecule has 0 heterocycles. The molecule has 0 aliphatic rings. The fourth-order valence-corrected chi connectivity index (χ4v) is 1.70. The molecular weight excluding hydrogens is 256 g/mol. The van der Waals surface area contributed by atoms with Gasteiger partial charge in [-0.3, -0.25) is 10.7 Å². The Morgan fingerprint density at radius 3 is 2.55 bits per heavy atom. The van der Waals surface area contributed by atoms with Crippen LogP contribution in [0.1, 0.15) is 11.1 Å². The molecule has 0 aliphatic heterocycles. The quantitative estimate of drug-likeness (QED) is 0.732. The van der Waals surface area contributed by atoms with E-state index < -0.39 is 6.09 Å². The highest BCUT2D eigenvalue weighted by molar-refractivity contribution is 5.67. The molecule has 5 nitrogen and oxygen atoms in total. The molecule has 3 N–H and O–H groups in total. The van der Waals surface area contributed by atoms with E-state index in [-0.39, 0.29) is 6.61 Å². The van der Waals surface area contributed by atoms with Crippen molar-refractivity contribution in [2.45, 2.75) is 13.2 Å². The van der Waals surface area contributed by atoms with Crippen molar-refractivity contribution in [2.75, 3.05) is 5.48 Å². The molecule has 0 fully saturated rings. The molecule has 20 heavy (non-hydrogen) atoms. The van der Waals surface area contributed by atoms with Crippen molar-refractivity contribution in [1.82, 2.24) is 5.32 Å². The number of benzene rings is 2. The fraction of sp³-hybridized carbons (Fsp3) is 0.133. The summed E-state index contributed by atoms with van der Waals surface area (Å²) in [4.78, 5) is 11.5. The van der Waals surface area contributed by atoms with E-state index in [1.807, 2.05) is 36.4 Å². The average Bonchev–Trinajstić information content (AvgIpc) is 2.52. The highest BCUT2D eigenvalue weighted by Gasteiger charge is 2.03. The summed E-state index contributed by atoms with van der Waals surface area (Å²) >= 11 is 0. The van der Waals surface area contributed by atoms with E-state index >= 15 is 0 Å². The largest absolute Gasteiger partial charge is 0.445 e. The molecule has 104 valence electrons.